The van der Waals surface area contributed by atoms with Gasteiger partial charge < -0.3 is 10.1 Å². The van der Waals surface area contributed by atoms with Gasteiger partial charge in [-0.15, -0.1) is 0 Å². The van der Waals surface area contributed by atoms with Gasteiger partial charge in [-0.1, -0.05) is 36.4 Å². The number of nitriles is 1. The van der Waals surface area contributed by atoms with Crippen LogP contribution in [0.3, 0.4) is 0 Å². The molecule has 2 aromatic rings. The number of amides is 1. The number of benzene rings is 2. The van der Waals surface area contributed by atoms with Crippen molar-refractivity contribution < 1.29 is 9.53 Å². The van der Waals surface area contributed by atoms with E-state index < -0.39 is 0 Å². The smallest absolute Gasteiger partial charge is 0.261 e. The van der Waals surface area contributed by atoms with E-state index in [0.29, 0.717) is 12.3 Å². The second kappa shape index (κ2) is 9.65. The van der Waals surface area contributed by atoms with Gasteiger partial charge in [0.1, 0.15) is 17.4 Å². The first kappa shape index (κ1) is 18.8. The van der Waals surface area contributed by atoms with E-state index in [1.807, 2.05) is 24.3 Å². The summed E-state index contributed by atoms with van der Waals surface area (Å²) < 4.78 is 5.94. The first-order chi connectivity index (χ1) is 12.1. The van der Waals surface area contributed by atoms with Crippen LogP contribution in [-0.4, -0.2) is 19.6 Å². The molecular formula is C20H19BrN2O2. The highest BCUT2D eigenvalue weighted by atomic mass is 79.9. The molecule has 0 spiro atoms. The Morgan fingerprint density at radius 1 is 1.28 bits per heavy atom. The molecule has 0 fully saturated rings. The number of nitrogens with zero attached hydrogens (tertiary/aromatic N) is 1. The molecule has 2 aromatic carbocycles. The molecule has 0 aliphatic carbocycles. The molecule has 0 atom stereocenters. The van der Waals surface area contributed by atoms with E-state index in [-0.39, 0.29) is 11.5 Å². The van der Waals surface area contributed by atoms with Crippen molar-refractivity contribution in [3.05, 3.63) is 69.7 Å². The molecule has 128 valence electrons. The fourth-order valence-corrected chi connectivity index (χ4v) is 2.88. The molecule has 0 aromatic heterocycles. The lowest BCUT2D eigenvalue weighted by Crippen LogP contribution is -2.25. The average molecular weight is 399 g/mol. The van der Waals surface area contributed by atoms with E-state index in [9.17, 15) is 10.1 Å². The van der Waals surface area contributed by atoms with E-state index in [2.05, 4.69) is 33.4 Å². The molecule has 5 heteroatoms. The molecule has 4 nitrogen and oxygen atoms in total. The summed E-state index contributed by atoms with van der Waals surface area (Å²) in [5.74, 6) is 0.337. The minimum atomic E-state index is -0.359. The summed E-state index contributed by atoms with van der Waals surface area (Å²) in [4.78, 5) is 12.2. The molecule has 0 bridgehead atoms. The third-order valence-corrected chi connectivity index (χ3v) is 4.24. The van der Waals surface area contributed by atoms with E-state index in [1.165, 1.54) is 5.56 Å². The molecule has 2 rings (SSSR count). The van der Waals surface area contributed by atoms with Gasteiger partial charge >= 0.3 is 0 Å². The third-order valence-electron chi connectivity index (χ3n) is 3.62. The number of hydrogen-bond acceptors (Lipinski definition) is 3. The molecule has 1 amide bonds. The van der Waals surface area contributed by atoms with E-state index >= 15 is 0 Å². The van der Waals surface area contributed by atoms with Crippen molar-refractivity contribution in [1.82, 2.24) is 5.32 Å². The highest BCUT2D eigenvalue weighted by Gasteiger charge is 2.09. The van der Waals surface area contributed by atoms with Crippen LogP contribution in [-0.2, 0) is 11.2 Å². The summed E-state index contributed by atoms with van der Waals surface area (Å²) in [6.07, 6.45) is 3.28. The lowest BCUT2D eigenvalue weighted by molar-refractivity contribution is -0.117. The lowest BCUT2D eigenvalue weighted by Gasteiger charge is -2.06. The van der Waals surface area contributed by atoms with Crippen LogP contribution in [0.15, 0.2) is 58.6 Å². The van der Waals surface area contributed by atoms with Crippen LogP contribution in [0.5, 0.6) is 5.75 Å². The van der Waals surface area contributed by atoms with Gasteiger partial charge in [0.25, 0.3) is 5.91 Å². The van der Waals surface area contributed by atoms with Crippen molar-refractivity contribution in [3.63, 3.8) is 0 Å². The summed E-state index contributed by atoms with van der Waals surface area (Å²) in [5, 5.41) is 12.0. The second-order valence-electron chi connectivity index (χ2n) is 5.41. The molecule has 25 heavy (non-hydrogen) atoms. The van der Waals surface area contributed by atoms with Gasteiger partial charge in [0.05, 0.1) is 11.6 Å². The zero-order valence-electron chi connectivity index (χ0n) is 14.0. The number of carbonyl (C=O) groups is 1. The van der Waals surface area contributed by atoms with E-state index in [1.54, 1.807) is 31.4 Å². The number of ether oxygens (including phenoxy) is 1. The van der Waals surface area contributed by atoms with E-state index in [0.717, 1.165) is 22.9 Å². The van der Waals surface area contributed by atoms with Crippen LogP contribution < -0.4 is 10.1 Å². The minimum absolute atomic E-state index is 0.0803. The van der Waals surface area contributed by atoms with Crippen LogP contribution in [0.25, 0.3) is 6.08 Å². The average Bonchev–Trinajstić information content (AvgIpc) is 2.64. The maximum Gasteiger partial charge on any atom is 0.261 e. The number of hydrogen-bond donors (Lipinski definition) is 1. The van der Waals surface area contributed by atoms with Gasteiger partial charge in [-0.3, -0.25) is 4.79 Å². The second-order valence-corrected chi connectivity index (χ2v) is 6.26. The summed E-state index contributed by atoms with van der Waals surface area (Å²) in [5.41, 5.74) is 2.07. The van der Waals surface area contributed by atoms with Gasteiger partial charge in [-0.05, 0) is 58.1 Å². The fraction of sp³-hybridized carbons (Fsp3) is 0.200. The predicted octanol–water partition coefficient (Wildman–Crippen LogP) is 4.11. The number of rotatable bonds is 7. The Bertz CT molecular complexity index is 795. The van der Waals surface area contributed by atoms with Crippen molar-refractivity contribution in [1.29, 1.82) is 5.26 Å². The van der Waals surface area contributed by atoms with Gasteiger partial charge in [0.2, 0.25) is 0 Å². The Kier molecular flexibility index (Phi) is 7.24. The van der Waals surface area contributed by atoms with Gasteiger partial charge in [-0.25, -0.2) is 0 Å². The molecule has 1 N–H and O–H groups in total. The zero-order valence-corrected chi connectivity index (χ0v) is 15.5. The number of aryl methyl sites for hydroxylation is 1. The number of nitrogens with one attached hydrogen (secondary N) is 1. The summed E-state index contributed by atoms with van der Waals surface area (Å²) in [6.45, 7) is 0.527. The zero-order chi connectivity index (χ0) is 18.1. The van der Waals surface area contributed by atoms with Crippen molar-refractivity contribution in [2.75, 3.05) is 13.7 Å². The molecule has 0 aliphatic heterocycles. The molecular weight excluding hydrogens is 380 g/mol. The topological polar surface area (TPSA) is 62.1 Å². The van der Waals surface area contributed by atoms with Gasteiger partial charge in [0, 0.05) is 6.54 Å². The first-order valence-corrected chi connectivity index (χ1v) is 8.71. The van der Waals surface area contributed by atoms with Crippen molar-refractivity contribution >= 4 is 27.9 Å². The summed E-state index contributed by atoms with van der Waals surface area (Å²) in [7, 11) is 1.58. The number of carbonyl (C=O) groups excluding carboxylic acids is 1. The van der Waals surface area contributed by atoms with Crippen LogP contribution in [0.1, 0.15) is 17.5 Å². The Morgan fingerprint density at radius 2 is 2.04 bits per heavy atom. The predicted molar refractivity (Wildman–Crippen MR) is 102 cm³/mol. The van der Waals surface area contributed by atoms with Gasteiger partial charge in [0.15, 0.2) is 0 Å². The minimum Gasteiger partial charge on any atom is -0.496 e. The molecule has 0 saturated heterocycles. The maximum absolute atomic E-state index is 12.2. The third kappa shape index (κ3) is 5.77. The van der Waals surface area contributed by atoms with Crippen LogP contribution in [0, 0.1) is 11.3 Å². The quantitative estimate of drug-likeness (QED) is 0.433. The summed E-state index contributed by atoms with van der Waals surface area (Å²) >= 11 is 3.39. The first-order valence-electron chi connectivity index (χ1n) is 7.91. The Morgan fingerprint density at radius 3 is 2.68 bits per heavy atom. The van der Waals surface area contributed by atoms with Crippen molar-refractivity contribution in [2.45, 2.75) is 12.8 Å². The normalized spacial score (nSPS) is 10.8. The maximum atomic E-state index is 12.2. The standard InChI is InChI=1S/C20H19BrN2O2/c1-25-19-10-9-16(13-18(19)21)12-17(14-22)20(24)23-11-5-8-15-6-3-2-4-7-15/h2-4,6-7,9-10,12-13H,5,8,11H2,1H3,(H,23,24)/b17-12-. The molecule has 0 heterocycles. The Hall–Kier alpha value is -2.58. The van der Waals surface area contributed by atoms with Crippen LogP contribution in [0.4, 0.5) is 0 Å². The lowest BCUT2D eigenvalue weighted by atomic mass is 10.1. The highest BCUT2D eigenvalue weighted by molar-refractivity contribution is 9.10. The monoisotopic (exact) mass is 398 g/mol. The largest absolute Gasteiger partial charge is 0.496 e. The fourth-order valence-electron chi connectivity index (χ4n) is 2.32. The molecule has 0 unspecified atom stereocenters. The SMILES string of the molecule is COc1ccc(/C=C(/C#N)C(=O)NCCCc2ccccc2)cc1Br. The molecule has 0 saturated carbocycles. The van der Waals surface area contributed by atoms with Crippen molar-refractivity contribution in [3.8, 4) is 11.8 Å². The highest BCUT2D eigenvalue weighted by Crippen LogP contribution is 2.26. The van der Waals surface area contributed by atoms with E-state index in [4.69, 9.17) is 4.74 Å². The summed E-state index contributed by atoms with van der Waals surface area (Å²) in [6, 6.07) is 17.4. The number of methoxy groups -OCH3 is 1. The van der Waals surface area contributed by atoms with Gasteiger partial charge in [-0.2, -0.15) is 5.26 Å². The van der Waals surface area contributed by atoms with Crippen molar-refractivity contribution in [2.24, 2.45) is 0 Å². The molecule has 0 radical (unpaired) electrons. The number of halogens is 1. The Labute approximate surface area is 156 Å². The van der Waals surface area contributed by atoms with Crippen LogP contribution >= 0.6 is 15.9 Å². The molecule has 0 aliphatic rings. The van der Waals surface area contributed by atoms with Crippen LogP contribution in [0.2, 0.25) is 0 Å². The Balaban J connectivity index is 1.92.